The number of aromatic nitrogens is 5. The normalized spacial score (nSPS) is 10.6. The van der Waals surface area contributed by atoms with Crippen molar-refractivity contribution >= 4 is 17.3 Å². The van der Waals surface area contributed by atoms with Crippen molar-refractivity contribution < 1.29 is 9.72 Å². The summed E-state index contributed by atoms with van der Waals surface area (Å²) in [4.78, 5) is 40.3. The lowest BCUT2D eigenvalue weighted by molar-refractivity contribution is -0.384. The monoisotopic (exact) mass is 417 g/mol. The van der Waals surface area contributed by atoms with Gasteiger partial charge in [-0.25, -0.2) is 4.68 Å². The van der Waals surface area contributed by atoms with Crippen molar-refractivity contribution in [3.63, 3.8) is 0 Å². The first kappa shape index (κ1) is 19.6. The molecule has 4 aromatic rings. The Bertz CT molecular complexity index is 1350. The fourth-order valence-corrected chi connectivity index (χ4v) is 3.01. The number of nitrogens with zero attached hydrogens (tertiary/aromatic N) is 5. The predicted octanol–water partition coefficient (Wildman–Crippen LogP) is 2.49. The van der Waals surface area contributed by atoms with Crippen LogP contribution in [0.4, 0.5) is 11.4 Å². The summed E-state index contributed by atoms with van der Waals surface area (Å²) in [5, 5.41) is 24.8. The second-order valence-corrected chi connectivity index (χ2v) is 6.48. The van der Waals surface area contributed by atoms with Gasteiger partial charge in [-0.05, 0) is 25.1 Å². The molecule has 3 aromatic heterocycles. The van der Waals surface area contributed by atoms with E-state index in [1.165, 1.54) is 35.1 Å². The van der Waals surface area contributed by atoms with E-state index in [0.717, 1.165) is 0 Å². The fourth-order valence-electron chi connectivity index (χ4n) is 3.01. The third-order valence-electron chi connectivity index (χ3n) is 4.44. The number of para-hydroxylation sites is 2. The van der Waals surface area contributed by atoms with Crippen LogP contribution in [0.1, 0.15) is 16.2 Å². The Morgan fingerprint density at radius 2 is 1.97 bits per heavy atom. The van der Waals surface area contributed by atoms with E-state index in [4.69, 9.17) is 0 Å². The van der Waals surface area contributed by atoms with Crippen molar-refractivity contribution in [2.24, 2.45) is 0 Å². The van der Waals surface area contributed by atoms with E-state index in [0.29, 0.717) is 22.8 Å². The van der Waals surface area contributed by atoms with Crippen LogP contribution in [0, 0.1) is 17.0 Å². The zero-order valence-electron chi connectivity index (χ0n) is 16.1. The molecule has 11 heteroatoms. The van der Waals surface area contributed by atoms with Crippen LogP contribution in [0.25, 0.3) is 17.1 Å². The van der Waals surface area contributed by atoms with Crippen LogP contribution in [0.3, 0.4) is 0 Å². The van der Waals surface area contributed by atoms with E-state index in [1.54, 1.807) is 37.4 Å². The van der Waals surface area contributed by atoms with Gasteiger partial charge in [0.1, 0.15) is 11.4 Å². The van der Waals surface area contributed by atoms with E-state index >= 15 is 0 Å². The number of aryl methyl sites for hydroxylation is 1. The summed E-state index contributed by atoms with van der Waals surface area (Å²) < 4.78 is 1.20. The molecule has 0 bridgehead atoms. The number of carbonyl (C=O) groups excluding carboxylic acids is 1. The highest BCUT2D eigenvalue weighted by Crippen LogP contribution is 2.24. The first-order valence-corrected chi connectivity index (χ1v) is 9.06. The molecule has 0 saturated heterocycles. The molecule has 0 fully saturated rings. The van der Waals surface area contributed by atoms with Gasteiger partial charge < -0.3 is 5.32 Å². The van der Waals surface area contributed by atoms with Crippen LogP contribution in [0.15, 0.2) is 65.7 Å². The van der Waals surface area contributed by atoms with E-state index in [2.05, 4.69) is 25.6 Å². The average molecular weight is 417 g/mol. The van der Waals surface area contributed by atoms with Crippen LogP contribution in [0.2, 0.25) is 0 Å². The molecule has 0 aliphatic heterocycles. The molecule has 4 rings (SSSR count). The van der Waals surface area contributed by atoms with Gasteiger partial charge in [0.25, 0.3) is 11.6 Å². The maximum absolute atomic E-state index is 12.8. The van der Waals surface area contributed by atoms with E-state index < -0.39 is 22.0 Å². The Balaban J connectivity index is 1.73. The third-order valence-corrected chi connectivity index (χ3v) is 4.44. The number of aromatic amines is 1. The number of hydrogen-bond acceptors (Lipinski definition) is 7. The lowest BCUT2D eigenvalue weighted by Gasteiger charge is -2.11. The van der Waals surface area contributed by atoms with Crippen molar-refractivity contribution in [3.05, 3.63) is 92.7 Å². The number of pyridine rings is 1. The predicted molar refractivity (Wildman–Crippen MR) is 111 cm³/mol. The largest absolute Gasteiger partial charge is 0.317 e. The molecule has 11 nitrogen and oxygen atoms in total. The first-order valence-electron chi connectivity index (χ1n) is 9.06. The second-order valence-electron chi connectivity index (χ2n) is 6.48. The molecule has 0 unspecified atom stereocenters. The van der Waals surface area contributed by atoms with Gasteiger partial charge in [-0.15, -0.1) is 0 Å². The first-order chi connectivity index (χ1) is 15.0. The number of carbonyl (C=O) groups is 1. The van der Waals surface area contributed by atoms with Crippen molar-refractivity contribution in [3.8, 4) is 17.1 Å². The maximum Gasteiger partial charge on any atom is 0.294 e. The number of hydrogen-bond donors (Lipinski definition) is 2. The second kappa shape index (κ2) is 7.99. The SMILES string of the molecule is Cc1cc(=O)c(C(=O)Nc2cn[nH]c2-c2ccccn2)nn1-c1ccccc1[N+](=O)[O-]. The van der Waals surface area contributed by atoms with Crippen molar-refractivity contribution in [2.75, 3.05) is 5.32 Å². The Kier molecular flexibility index (Phi) is 5.06. The van der Waals surface area contributed by atoms with Gasteiger partial charge >= 0.3 is 0 Å². The fraction of sp³-hybridized carbons (Fsp3) is 0.0500. The quantitative estimate of drug-likeness (QED) is 0.374. The Hall–Kier alpha value is -4.67. The summed E-state index contributed by atoms with van der Waals surface area (Å²) >= 11 is 0. The topological polar surface area (TPSA) is 149 Å². The number of nitrogens with one attached hydrogen (secondary N) is 2. The minimum absolute atomic E-state index is 0.136. The molecule has 0 aliphatic carbocycles. The van der Waals surface area contributed by atoms with Crippen molar-refractivity contribution in [1.82, 2.24) is 25.0 Å². The van der Waals surface area contributed by atoms with Gasteiger partial charge in [0.05, 0.1) is 22.5 Å². The zero-order chi connectivity index (χ0) is 22.0. The van der Waals surface area contributed by atoms with Gasteiger partial charge in [0.2, 0.25) is 5.43 Å². The molecule has 1 aromatic carbocycles. The number of rotatable bonds is 5. The molecular formula is C20H15N7O4. The van der Waals surface area contributed by atoms with Gasteiger partial charge in [-0.2, -0.15) is 10.2 Å². The molecule has 0 radical (unpaired) electrons. The summed E-state index contributed by atoms with van der Waals surface area (Å²) in [5.74, 6) is -0.782. The Morgan fingerprint density at radius 1 is 1.19 bits per heavy atom. The number of amides is 1. The maximum atomic E-state index is 12.8. The molecule has 1 amide bonds. The van der Waals surface area contributed by atoms with Crippen LogP contribution in [-0.2, 0) is 0 Å². The van der Waals surface area contributed by atoms with E-state index in [1.807, 2.05) is 0 Å². The standard InChI is InChI=1S/C20H15N7O4/c1-12-10-17(28)19(25-26(12)15-7-2-3-8-16(15)27(30)31)20(29)23-14-11-22-24-18(14)13-6-4-5-9-21-13/h2-11H,1H3,(H,22,24)(H,23,29). The molecule has 3 heterocycles. The molecule has 0 saturated carbocycles. The van der Waals surface area contributed by atoms with E-state index in [9.17, 15) is 19.7 Å². The third kappa shape index (κ3) is 3.79. The summed E-state index contributed by atoms with van der Waals surface area (Å²) in [6.45, 7) is 1.57. The van der Waals surface area contributed by atoms with Gasteiger partial charge in [0.15, 0.2) is 5.69 Å². The number of nitro groups is 1. The van der Waals surface area contributed by atoms with Crippen molar-refractivity contribution in [2.45, 2.75) is 6.92 Å². The number of H-pyrrole nitrogens is 1. The van der Waals surface area contributed by atoms with Crippen molar-refractivity contribution in [1.29, 1.82) is 0 Å². The molecule has 31 heavy (non-hydrogen) atoms. The van der Waals surface area contributed by atoms with Crippen LogP contribution in [-0.4, -0.2) is 35.8 Å². The molecule has 2 N–H and O–H groups in total. The van der Waals surface area contributed by atoms with Crippen LogP contribution < -0.4 is 10.7 Å². The van der Waals surface area contributed by atoms with Crippen LogP contribution in [0.5, 0.6) is 0 Å². The number of anilines is 1. The molecule has 0 spiro atoms. The summed E-state index contributed by atoms with van der Waals surface area (Å²) in [7, 11) is 0. The van der Waals surface area contributed by atoms with E-state index in [-0.39, 0.29) is 11.4 Å². The molecule has 154 valence electrons. The van der Waals surface area contributed by atoms with Gasteiger partial charge in [-0.1, -0.05) is 18.2 Å². The molecule has 0 aliphatic rings. The smallest absolute Gasteiger partial charge is 0.294 e. The summed E-state index contributed by atoms with van der Waals surface area (Å²) in [6, 6.07) is 12.4. The van der Waals surface area contributed by atoms with Gasteiger partial charge in [-0.3, -0.25) is 29.8 Å². The lowest BCUT2D eigenvalue weighted by Crippen LogP contribution is -2.27. The number of benzene rings is 1. The molecule has 0 atom stereocenters. The highest BCUT2D eigenvalue weighted by atomic mass is 16.6. The summed E-state index contributed by atoms with van der Waals surface area (Å²) in [6.07, 6.45) is 2.98. The molecular weight excluding hydrogens is 402 g/mol. The minimum atomic E-state index is -0.782. The Morgan fingerprint density at radius 3 is 2.71 bits per heavy atom. The van der Waals surface area contributed by atoms with Crippen LogP contribution >= 0.6 is 0 Å². The number of nitro benzene ring substituents is 1. The zero-order valence-corrected chi connectivity index (χ0v) is 16.1. The highest BCUT2D eigenvalue weighted by molar-refractivity contribution is 6.04. The lowest BCUT2D eigenvalue weighted by atomic mass is 10.2. The summed E-state index contributed by atoms with van der Waals surface area (Å²) in [5.41, 5.74) is 0.544. The van der Waals surface area contributed by atoms with Gasteiger partial charge in [0, 0.05) is 24.0 Å². The highest BCUT2D eigenvalue weighted by Gasteiger charge is 2.21. The minimum Gasteiger partial charge on any atom is -0.317 e. The Labute approximate surface area is 174 Å². The average Bonchev–Trinajstić information content (AvgIpc) is 3.22.